The van der Waals surface area contributed by atoms with Gasteiger partial charge in [0.15, 0.2) is 0 Å². The van der Waals surface area contributed by atoms with Gasteiger partial charge in [0.05, 0.1) is 24.3 Å². The minimum Gasteiger partial charge on any atom is -0.491 e. The van der Waals surface area contributed by atoms with Crippen molar-refractivity contribution in [2.24, 2.45) is 0 Å². The number of nitriles is 1. The molecule has 1 heterocycles. The Balaban J connectivity index is 2.30. The second-order valence-electron chi connectivity index (χ2n) is 4.54. The second kappa shape index (κ2) is 6.01. The van der Waals surface area contributed by atoms with Crippen LogP contribution in [-0.4, -0.2) is 11.1 Å². The third-order valence-electron chi connectivity index (χ3n) is 2.66. The van der Waals surface area contributed by atoms with E-state index in [0.29, 0.717) is 6.42 Å². The zero-order chi connectivity index (χ0) is 13.7. The van der Waals surface area contributed by atoms with Crippen LogP contribution in [0.15, 0.2) is 42.6 Å². The highest BCUT2D eigenvalue weighted by molar-refractivity contribution is 5.64. The van der Waals surface area contributed by atoms with E-state index < -0.39 is 0 Å². The van der Waals surface area contributed by atoms with Gasteiger partial charge in [-0.2, -0.15) is 5.26 Å². The summed E-state index contributed by atoms with van der Waals surface area (Å²) < 4.78 is 5.61. The van der Waals surface area contributed by atoms with Crippen LogP contribution in [0.1, 0.15) is 19.4 Å². The van der Waals surface area contributed by atoms with E-state index in [0.717, 1.165) is 22.6 Å². The lowest BCUT2D eigenvalue weighted by Gasteiger charge is -2.10. The molecule has 0 aliphatic rings. The van der Waals surface area contributed by atoms with E-state index in [1.165, 1.54) is 0 Å². The Hall–Kier alpha value is -2.34. The smallest absolute Gasteiger partial charge is 0.119 e. The van der Waals surface area contributed by atoms with Gasteiger partial charge < -0.3 is 4.74 Å². The highest BCUT2D eigenvalue weighted by atomic mass is 16.5. The minimum atomic E-state index is 0.162. The van der Waals surface area contributed by atoms with E-state index in [4.69, 9.17) is 10.00 Å². The molecule has 2 aromatic rings. The van der Waals surface area contributed by atoms with E-state index >= 15 is 0 Å². The first-order valence-corrected chi connectivity index (χ1v) is 6.28. The SMILES string of the molecule is CC(C)Oc1ccc(-c2ncccc2CC#N)cc1. The zero-order valence-electron chi connectivity index (χ0n) is 11.1. The molecule has 0 radical (unpaired) electrons. The van der Waals surface area contributed by atoms with Crippen LogP contribution >= 0.6 is 0 Å². The Morgan fingerprint density at radius 1 is 1.21 bits per heavy atom. The van der Waals surface area contributed by atoms with Crippen LogP contribution in [0.3, 0.4) is 0 Å². The number of hydrogen-bond donors (Lipinski definition) is 0. The quantitative estimate of drug-likeness (QED) is 0.835. The molecule has 3 heteroatoms. The summed E-state index contributed by atoms with van der Waals surface area (Å²) in [6.07, 6.45) is 2.28. The van der Waals surface area contributed by atoms with Crippen molar-refractivity contribution in [1.82, 2.24) is 4.98 Å². The van der Waals surface area contributed by atoms with Crippen molar-refractivity contribution in [2.45, 2.75) is 26.4 Å². The lowest BCUT2D eigenvalue weighted by molar-refractivity contribution is 0.242. The van der Waals surface area contributed by atoms with Gasteiger partial charge in [-0.3, -0.25) is 4.98 Å². The number of ether oxygens (including phenoxy) is 1. The number of nitrogens with zero attached hydrogens (tertiary/aromatic N) is 2. The van der Waals surface area contributed by atoms with Crippen LogP contribution in [-0.2, 0) is 6.42 Å². The molecule has 0 aliphatic carbocycles. The molecule has 0 saturated heterocycles. The van der Waals surface area contributed by atoms with Gasteiger partial charge in [-0.05, 0) is 49.7 Å². The van der Waals surface area contributed by atoms with E-state index in [2.05, 4.69) is 11.1 Å². The molecule has 0 amide bonds. The predicted octanol–water partition coefficient (Wildman–Crippen LogP) is 3.60. The first-order valence-electron chi connectivity index (χ1n) is 6.28. The van der Waals surface area contributed by atoms with Crippen molar-refractivity contribution in [3.8, 4) is 23.1 Å². The molecular formula is C16H16N2O. The van der Waals surface area contributed by atoms with Crippen molar-refractivity contribution >= 4 is 0 Å². The highest BCUT2D eigenvalue weighted by Gasteiger charge is 2.06. The fourth-order valence-corrected chi connectivity index (χ4v) is 1.89. The average Bonchev–Trinajstić information content (AvgIpc) is 2.40. The van der Waals surface area contributed by atoms with Crippen LogP contribution in [0.5, 0.6) is 5.75 Å². The fourth-order valence-electron chi connectivity index (χ4n) is 1.89. The number of aromatic nitrogens is 1. The lowest BCUT2D eigenvalue weighted by Crippen LogP contribution is -2.05. The molecule has 19 heavy (non-hydrogen) atoms. The summed E-state index contributed by atoms with van der Waals surface area (Å²) in [4.78, 5) is 4.37. The largest absolute Gasteiger partial charge is 0.491 e. The van der Waals surface area contributed by atoms with E-state index in [1.54, 1.807) is 6.20 Å². The molecule has 0 atom stereocenters. The summed E-state index contributed by atoms with van der Waals surface area (Å²) in [5.74, 6) is 0.844. The Morgan fingerprint density at radius 2 is 1.95 bits per heavy atom. The minimum absolute atomic E-state index is 0.162. The van der Waals surface area contributed by atoms with E-state index in [1.807, 2.05) is 50.2 Å². The van der Waals surface area contributed by atoms with Gasteiger partial charge >= 0.3 is 0 Å². The first-order chi connectivity index (χ1) is 9.20. The molecule has 0 spiro atoms. The molecule has 0 fully saturated rings. The maximum Gasteiger partial charge on any atom is 0.119 e. The van der Waals surface area contributed by atoms with E-state index in [9.17, 15) is 0 Å². The Labute approximate surface area is 113 Å². The molecule has 0 unspecified atom stereocenters. The molecule has 0 N–H and O–H groups in total. The molecule has 2 rings (SSSR count). The van der Waals surface area contributed by atoms with Crippen molar-refractivity contribution < 1.29 is 4.74 Å². The maximum absolute atomic E-state index is 8.84. The van der Waals surface area contributed by atoms with Crippen molar-refractivity contribution in [2.75, 3.05) is 0 Å². The molecule has 1 aromatic carbocycles. The Morgan fingerprint density at radius 3 is 2.58 bits per heavy atom. The van der Waals surface area contributed by atoms with Gasteiger partial charge in [0.25, 0.3) is 0 Å². The molecule has 1 aromatic heterocycles. The third-order valence-corrected chi connectivity index (χ3v) is 2.66. The summed E-state index contributed by atoms with van der Waals surface area (Å²) in [6, 6.07) is 13.8. The highest BCUT2D eigenvalue weighted by Crippen LogP contribution is 2.24. The van der Waals surface area contributed by atoms with Gasteiger partial charge in [0.1, 0.15) is 5.75 Å². The zero-order valence-corrected chi connectivity index (χ0v) is 11.1. The maximum atomic E-state index is 8.84. The van der Waals surface area contributed by atoms with Crippen molar-refractivity contribution in [1.29, 1.82) is 5.26 Å². The lowest BCUT2D eigenvalue weighted by atomic mass is 10.0. The molecule has 0 bridgehead atoms. The molecule has 0 aliphatic heterocycles. The van der Waals surface area contributed by atoms with Gasteiger partial charge in [-0.15, -0.1) is 0 Å². The summed E-state index contributed by atoms with van der Waals surface area (Å²) in [5, 5.41) is 8.84. The van der Waals surface area contributed by atoms with E-state index in [-0.39, 0.29) is 6.10 Å². The van der Waals surface area contributed by atoms with Crippen LogP contribution in [0, 0.1) is 11.3 Å². The summed E-state index contributed by atoms with van der Waals surface area (Å²) in [7, 11) is 0. The van der Waals surface area contributed by atoms with Gasteiger partial charge in [0, 0.05) is 11.8 Å². The average molecular weight is 252 g/mol. The third kappa shape index (κ3) is 3.32. The fraction of sp³-hybridized carbons (Fsp3) is 0.250. The topological polar surface area (TPSA) is 45.9 Å². The van der Waals surface area contributed by atoms with Crippen LogP contribution in [0.4, 0.5) is 0 Å². The van der Waals surface area contributed by atoms with Crippen LogP contribution in [0.25, 0.3) is 11.3 Å². The van der Waals surface area contributed by atoms with Crippen LogP contribution in [0.2, 0.25) is 0 Å². The van der Waals surface area contributed by atoms with Crippen molar-refractivity contribution in [3.63, 3.8) is 0 Å². The van der Waals surface area contributed by atoms with Crippen molar-refractivity contribution in [3.05, 3.63) is 48.2 Å². The Bertz CT molecular complexity index is 582. The van der Waals surface area contributed by atoms with Gasteiger partial charge in [-0.25, -0.2) is 0 Å². The van der Waals surface area contributed by atoms with Gasteiger partial charge in [-0.1, -0.05) is 6.07 Å². The molecular weight excluding hydrogens is 236 g/mol. The van der Waals surface area contributed by atoms with Crippen LogP contribution < -0.4 is 4.74 Å². The standard InChI is InChI=1S/C16H16N2O/c1-12(2)19-15-7-5-14(6-8-15)16-13(9-10-17)4-3-11-18-16/h3-8,11-12H,9H2,1-2H3. The second-order valence-corrected chi connectivity index (χ2v) is 4.54. The molecule has 3 nitrogen and oxygen atoms in total. The number of pyridine rings is 1. The number of hydrogen-bond acceptors (Lipinski definition) is 3. The molecule has 96 valence electrons. The summed E-state index contributed by atoms with van der Waals surface area (Å²) >= 11 is 0. The summed E-state index contributed by atoms with van der Waals surface area (Å²) in [6.45, 7) is 4.00. The molecule has 0 saturated carbocycles. The number of rotatable bonds is 4. The Kier molecular flexibility index (Phi) is 4.15. The van der Waals surface area contributed by atoms with Gasteiger partial charge in [0.2, 0.25) is 0 Å². The first kappa shape index (κ1) is 13.1. The monoisotopic (exact) mass is 252 g/mol. The summed E-state index contributed by atoms with van der Waals surface area (Å²) in [5.41, 5.74) is 2.81. The predicted molar refractivity (Wildman–Crippen MR) is 74.8 cm³/mol. The number of benzene rings is 1. The normalized spacial score (nSPS) is 10.2.